The zero-order chi connectivity index (χ0) is 20.8. The number of ketones is 1. The molecule has 1 atom stereocenters. The summed E-state index contributed by atoms with van der Waals surface area (Å²) in [6.45, 7) is 2.02. The van der Waals surface area contributed by atoms with E-state index in [-0.39, 0.29) is 11.8 Å². The molecule has 30 heavy (non-hydrogen) atoms. The number of pyridine rings is 1. The van der Waals surface area contributed by atoms with Gasteiger partial charge in [-0.15, -0.1) is 0 Å². The van der Waals surface area contributed by atoms with Crippen LogP contribution in [-0.2, 0) is 0 Å². The number of rotatable bonds is 8. The van der Waals surface area contributed by atoms with Gasteiger partial charge in [0.25, 0.3) is 0 Å². The first-order chi connectivity index (χ1) is 14.8. The van der Waals surface area contributed by atoms with Crippen LogP contribution in [0.2, 0.25) is 0 Å². The van der Waals surface area contributed by atoms with Gasteiger partial charge in [0.2, 0.25) is 0 Å². The highest BCUT2D eigenvalue weighted by Crippen LogP contribution is 2.32. The van der Waals surface area contributed by atoms with E-state index in [4.69, 9.17) is 0 Å². The molecule has 0 bridgehead atoms. The molecule has 4 aromatic rings. The number of carbonyl (C=O) groups excluding carboxylic acids is 1. The second kappa shape index (κ2) is 9.18. The molecule has 2 aromatic heterocycles. The van der Waals surface area contributed by atoms with Crippen LogP contribution in [0.4, 0.5) is 5.69 Å². The minimum Gasteiger partial charge on any atom is -0.374 e. The van der Waals surface area contributed by atoms with E-state index in [1.54, 1.807) is 6.20 Å². The van der Waals surface area contributed by atoms with Crippen molar-refractivity contribution in [3.8, 4) is 11.3 Å². The van der Waals surface area contributed by atoms with Gasteiger partial charge in [0.05, 0.1) is 17.9 Å². The summed E-state index contributed by atoms with van der Waals surface area (Å²) in [6.07, 6.45) is 6.86. The van der Waals surface area contributed by atoms with Crippen molar-refractivity contribution in [3.63, 3.8) is 0 Å². The zero-order valence-electron chi connectivity index (χ0n) is 16.9. The Balaban J connectivity index is 1.68. The van der Waals surface area contributed by atoms with Crippen molar-refractivity contribution in [3.05, 3.63) is 102 Å². The molecule has 0 saturated carbocycles. The molecular formula is C25H24N4O. The van der Waals surface area contributed by atoms with Gasteiger partial charge in [-0.05, 0) is 48.4 Å². The number of Topliss-reactive ketones (excluding diaryl/α,β-unsaturated/α-hetero) is 1. The van der Waals surface area contributed by atoms with E-state index in [1.807, 2.05) is 73.9 Å². The van der Waals surface area contributed by atoms with Gasteiger partial charge in [0.15, 0.2) is 5.78 Å². The first-order valence-corrected chi connectivity index (χ1v) is 10.1. The summed E-state index contributed by atoms with van der Waals surface area (Å²) in [5.74, 6) is 0.178. The Morgan fingerprint density at radius 1 is 1.00 bits per heavy atom. The third-order valence-electron chi connectivity index (χ3n) is 5.06. The molecule has 0 spiro atoms. The second-order valence-electron chi connectivity index (χ2n) is 7.18. The SMILES string of the molecule is CCCC(=O)c1ccc(NC(c2ccccc2)c2cn[nH]c2-c2cccnc2)cc1. The summed E-state index contributed by atoms with van der Waals surface area (Å²) < 4.78 is 0. The van der Waals surface area contributed by atoms with Gasteiger partial charge >= 0.3 is 0 Å². The molecule has 2 heterocycles. The fourth-order valence-electron chi connectivity index (χ4n) is 3.53. The number of nitrogens with one attached hydrogen (secondary N) is 2. The minimum atomic E-state index is -0.114. The van der Waals surface area contributed by atoms with Gasteiger partial charge in [-0.3, -0.25) is 14.9 Å². The number of aromatic amines is 1. The van der Waals surface area contributed by atoms with Crippen LogP contribution in [0.5, 0.6) is 0 Å². The van der Waals surface area contributed by atoms with Gasteiger partial charge in [-0.1, -0.05) is 37.3 Å². The largest absolute Gasteiger partial charge is 0.374 e. The average Bonchev–Trinajstić information content (AvgIpc) is 3.29. The van der Waals surface area contributed by atoms with Crippen LogP contribution >= 0.6 is 0 Å². The Kier molecular flexibility index (Phi) is 5.99. The van der Waals surface area contributed by atoms with E-state index in [0.717, 1.165) is 40.1 Å². The van der Waals surface area contributed by atoms with Crippen LogP contribution in [0, 0.1) is 0 Å². The smallest absolute Gasteiger partial charge is 0.162 e. The van der Waals surface area contributed by atoms with Crippen molar-refractivity contribution in [2.75, 3.05) is 5.32 Å². The molecule has 4 rings (SSSR count). The van der Waals surface area contributed by atoms with Crippen molar-refractivity contribution in [1.82, 2.24) is 15.2 Å². The summed E-state index contributed by atoms with van der Waals surface area (Å²) in [7, 11) is 0. The second-order valence-corrected chi connectivity index (χ2v) is 7.18. The van der Waals surface area contributed by atoms with Gasteiger partial charge in [0, 0.05) is 41.2 Å². The standard InChI is InChI=1S/C25H24N4O/c1-2-7-23(30)18-11-13-21(14-12-18)28-24(19-8-4-3-5-9-19)22-17-27-29-25(22)20-10-6-15-26-16-20/h3-6,8-17,24,28H,2,7H2,1H3,(H,27,29). The lowest BCUT2D eigenvalue weighted by molar-refractivity contribution is 0.0982. The van der Waals surface area contributed by atoms with Crippen LogP contribution < -0.4 is 5.32 Å². The fourth-order valence-corrected chi connectivity index (χ4v) is 3.53. The van der Waals surface area contributed by atoms with Crippen molar-refractivity contribution < 1.29 is 4.79 Å². The Morgan fingerprint density at radius 2 is 1.80 bits per heavy atom. The van der Waals surface area contributed by atoms with E-state index >= 15 is 0 Å². The molecule has 0 fully saturated rings. The molecule has 0 aliphatic carbocycles. The number of hydrogen-bond acceptors (Lipinski definition) is 4. The van der Waals surface area contributed by atoms with E-state index in [0.29, 0.717) is 6.42 Å². The lowest BCUT2D eigenvalue weighted by Gasteiger charge is -2.21. The number of benzene rings is 2. The maximum atomic E-state index is 12.1. The molecule has 2 aromatic carbocycles. The maximum absolute atomic E-state index is 12.1. The Bertz CT molecular complexity index is 1090. The molecule has 0 saturated heterocycles. The van der Waals surface area contributed by atoms with Crippen LogP contribution in [0.1, 0.15) is 47.3 Å². The van der Waals surface area contributed by atoms with Crippen molar-refractivity contribution >= 4 is 11.5 Å². The van der Waals surface area contributed by atoms with Crippen molar-refractivity contribution in [2.45, 2.75) is 25.8 Å². The molecule has 5 nitrogen and oxygen atoms in total. The van der Waals surface area contributed by atoms with E-state index < -0.39 is 0 Å². The molecule has 0 radical (unpaired) electrons. The molecule has 0 aliphatic rings. The van der Waals surface area contributed by atoms with Gasteiger partial charge in [0.1, 0.15) is 0 Å². The molecule has 2 N–H and O–H groups in total. The number of carbonyl (C=O) groups is 1. The fraction of sp³-hybridized carbons (Fsp3) is 0.160. The van der Waals surface area contributed by atoms with E-state index in [1.165, 1.54) is 0 Å². The minimum absolute atomic E-state index is 0.114. The highest BCUT2D eigenvalue weighted by Gasteiger charge is 2.20. The molecule has 5 heteroatoms. The lowest BCUT2D eigenvalue weighted by Crippen LogP contribution is -2.13. The Hall–Kier alpha value is -3.73. The van der Waals surface area contributed by atoms with Crippen LogP contribution in [0.25, 0.3) is 11.3 Å². The molecule has 0 amide bonds. The number of anilines is 1. The summed E-state index contributed by atoms with van der Waals surface area (Å²) in [5.41, 5.74) is 5.75. The Labute approximate surface area is 176 Å². The van der Waals surface area contributed by atoms with Crippen LogP contribution in [0.15, 0.2) is 85.3 Å². The van der Waals surface area contributed by atoms with Gasteiger partial charge < -0.3 is 5.32 Å². The summed E-state index contributed by atoms with van der Waals surface area (Å²) >= 11 is 0. The summed E-state index contributed by atoms with van der Waals surface area (Å²) in [4.78, 5) is 16.4. The average molecular weight is 396 g/mol. The van der Waals surface area contributed by atoms with E-state index in [2.05, 4.69) is 32.6 Å². The van der Waals surface area contributed by atoms with Gasteiger partial charge in [-0.2, -0.15) is 5.10 Å². The third-order valence-corrected chi connectivity index (χ3v) is 5.06. The predicted molar refractivity (Wildman–Crippen MR) is 119 cm³/mol. The highest BCUT2D eigenvalue weighted by atomic mass is 16.1. The number of hydrogen-bond donors (Lipinski definition) is 2. The number of aromatic nitrogens is 3. The Morgan fingerprint density at radius 3 is 2.50 bits per heavy atom. The predicted octanol–water partition coefficient (Wildman–Crippen LogP) is 5.66. The van der Waals surface area contributed by atoms with E-state index in [9.17, 15) is 4.79 Å². The molecular weight excluding hydrogens is 372 g/mol. The van der Waals surface area contributed by atoms with Crippen LogP contribution in [-0.4, -0.2) is 21.0 Å². The third kappa shape index (κ3) is 4.30. The molecule has 0 aliphatic heterocycles. The van der Waals surface area contributed by atoms with Crippen LogP contribution in [0.3, 0.4) is 0 Å². The van der Waals surface area contributed by atoms with Crippen molar-refractivity contribution in [1.29, 1.82) is 0 Å². The lowest BCUT2D eigenvalue weighted by atomic mass is 9.96. The van der Waals surface area contributed by atoms with Gasteiger partial charge in [-0.25, -0.2) is 0 Å². The maximum Gasteiger partial charge on any atom is 0.162 e. The number of H-pyrrole nitrogens is 1. The zero-order valence-corrected chi connectivity index (χ0v) is 16.9. The first kappa shape index (κ1) is 19.6. The normalized spacial score (nSPS) is 11.8. The molecule has 150 valence electrons. The number of nitrogens with zero attached hydrogens (tertiary/aromatic N) is 2. The summed E-state index contributed by atoms with van der Waals surface area (Å²) in [6, 6.07) is 21.8. The van der Waals surface area contributed by atoms with Crippen molar-refractivity contribution in [2.24, 2.45) is 0 Å². The first-order valence-electron chi connectivity index (χ1n) is 10.1. The topological polar surface area (TPSA) is 70.7 Å². The summed E-state index contributed by atoms with van der Waals surface area (Å²) in [5, 5.41) is 11.0. The molecule has 1 unspecified atom stereocenters. The quantitative estimate of drug-likeness (QED) is 0.377. The highest BCUT2D eigenvalue weighted by molar-refractivity contribution is 5.96. The monoisotopic (exact) mass is 396 g/mol.